The molecule has 0 aliphatic heterocycles. The zero-order valence-corrected chi connectivity index (χ0v) is 11.5. The van der Waals surface area contributed by atoms with Crippen LogP contribution in [0.5, 0.6) is 0 Å². The maximum atomic E-state index is 13.0. The van der Waals surface area contributed by atoms with E-state index < -0.39 is 15.8 Å². The van der Waals surface area contributed by atoms with Crippen molar-refractivity contribution in [1.82, 2.24) is 9.71 Å². The Morgan fingerprint density at radius 3 is 2.84 bits per heavy atom. The van der Waals surface area contributed by atoms with Crippen molar-refractivity contribution >= 4 is 27.0 Å². The van der Waals surface area contributed by atoms with E-state index >= 15 is 0 Å². The second kappa shape index (κ2) is 5.64. The Morgan fingerprint density at radius 2 is 2.21 bits per heavy atom. The summed E-state index contributed by atoms with van der Waals surface area (Å²) in [5, 5.41) is 2.67. The van der Waals surface area contributed by atoms with Crippen molar-refractivity contribution in [3.8, 4) is 0 Å². The minimum Gasteiger partial charge on any atom is -0.396 e. The fourth-order valence-electron chi connectivity index (χ4n) is 1.44. The van der Waals surface area contributed by atoms with Crippen molar-refractivity contribution in [2.75, 3.05) is 12.3 Å². The van der Waals surface area contributed by atoms with Crippen LogP contribution in [0, 0.1) is 5.82 Å². The lowest BCUT2D eigenvalue weighted by Crippen LogP contribution is -2.26. The molecule has 0 bridgehead atoms. The maximum absolute atomic E-state index is 13.0. The number of anilines is 1. The SMILES string of the molecule is Nc1cc(S(=O)(=O)NCCc2nccs2)ccc1F. The molecule has 19 heavy (non-hydrogen) atoms. The molecule has 0 saturated heterocycles. The maximum Gasteiger partial charge on any atom is 0.240 e. The fraction of sp³-hybridized carbons (Fsp3) is 0.182. The summed E-state index contributed by atoms with van der Waals surface area (Å²) in [6.07, 6.45) is 2.17. The number of halogens is 1. The van der Waals surface area contributed by atoms with Crippen LogP contribution in [-0.2, 0) is 16.4 Å². The molecule has 2 aromatic rings. The number of hydrogen-bond acceptors (Lipinski definition) is 5. The number of rotatable bonds is 5. The molecule has 0 amide bonds. The Hall–Kier alpha value is -1.51. The zero-order valence-electron chi connectivity index (χ0n) is 9.84. The first-order valence-corrected chi connectivity index (χ1v) is 7.78. The summed E-state index contributed by atoms with van der Waals surface area (Å²) < 4.78 is 39.2. The Bertz CT molecular complexity index is 657. The van der Waals surface area contributed by atoms with Crippen molar-refractivity contribution in [2.45, 2.75) is 11.3 Å². The normalized spacial score (nSPS) is 11.6. The van der Waals surface area contributed by atoms with Crippen LogP contribution in [-0.4, -0.2) is 19.9 Å². The molecule has 0 aliphatic carbocycles. The number of hydrogen-bond donors (Lipinski definition) is 2. The van der Waals surface area contributed by atoms with Crippen LogP contribution in [0.2, 0.25) is 0 Å². The molecule has 5 nitrogen and oxygen atoms in total. The summed E-state index contributed by atoms with van der Waals surface area (Å²) in [5.74, 6) is -0.637. The van der Waals surface area contributed by atoms with Crippen molar-refractivity contribution in [1.29, 1.82) is 0 Å². The third kappa shape index (κ3) is 3.49. The lowest BCUT2D eigenvalue weighted by atomic mass is 10.3. The monoisotopic (exact) mass is 301 g/mol. The van der Waals surface area contributed by atoms with Gasteiger partial charge in [-0.25, -0.2) is 22.5 Å². The van der Waals surface area contributed by atoms with Gasteiger partial charge in [-0.05, 0) is 18.2 Å². The topological polar surface area (TPSA) is 85.1 Å². The molecule has 0 radical (unpaired) electrons. The molecule has 1 aromatic carbocycles. The Labute approximate surface area is 114 Å². The number of nitrogens with one attached hydrogen (secondary N) is 1. The van der Waals surface area contributed by atoms with Gasteiger partial charge in [-0.15, -0.1) is 11.3 Å². The second-order valence-corrected chi connectivity index (χ2v) is 6.50. The molecule has 0 atom stereocenters. The van der Waals surface area contributed by atoms with E-state index in [0.717, 1.165) is 17.1 Å². The smallest absolute Gasteiger partial charge is 0.240 e. The number of sulfonamides is 1. The average Bonchev–Trinajstić information content (AvgIpc) is 2.85. The molecule has 2 rings (SSSR count). The minimum atomic E-state index is -3.67. The van der Waals surface area contributed by atoms with Gasteiger partial charge in [-0.2, -0.15) is 0 Å². The van der Waals surface area contributed by atoms with E-state index in [1.807, 2.05) is 5.38 Å². The number of thiazole rings is 1. The third-order valence-electron chi connectivity index (χ3n) is 2.39. The van der Waals surface area contributed by atoms with Gasteiger partial charge in [0.15, 0.2) is 0 Å². The van der Waals surface area contributed by atoms with Crippen LogP contribution in [0.4, 0.5) is 10.1 Å². The van der Waals surface area contributed by atoms with Crippen molar-refractivity contribution in [3.63, 3.8) is 0 Å². The van der Waals surface area contributed by atoms with Crippen LogP contribution < -0.4 is 10.5 Å². The molecule has 0 unspecified atom stereocenters. The quantitative estimate of drug-likeness (QED) is 0.817. The van der Waals surface area contributed by atoms with Gasteiger partial charge >= 0.3 is 0 Å². The number of nitrogens with zero attached hydrogens (tertiary/aromatic N) is 1. The standard InChI is InChI=1S/C11H12FN3O2S2/c12-9-2-1-8(7-10(9)13)19(16,17)15-4-3-11-14-5-6-18-11/h1-2,5-7,15H,3-4,13H2. The predicted octanol–water partition coefficient (Wildman–Crippen LogP) is 1.39. The lowest BCUT2D eigenvalue weighted by Gasteiger charge is -2.07. The first-order valence-electron chi connectivity index (χ1n) is 5.42. The highest BCUT2D eigenvalue weighted by atomic mass is 32.2. The van der Waals surface area contributed by atoms with E-state index in [0.29, 0.717) is 6.42 Å². The molecule has 0 fully saturated rings. The molecule has 0 saturated carbocycles. The first kappa shape index (κ1) is 13.9. The van der Waals surface area contributed by atoms with Gasteiger partial charge in [0.1, 0.15) is 5.82 Å². The van der Waals surface area contributed by atoms with Gasteiger partial charge in [-0.3, -0.25) is 0 Å². The van der Waals surface area contributed by atoms with Gasteiger partial charge < -0.3 is 5.73 Å². The van der Waals surface area contributed by atoms with E-state index in [1.165, 1.54) is 17.4 Å². The molecule has 1 heterocycles. The number of benzene rings is 1. The van der Waals surface area contributed by atoms with Crippen molar-refractivity contribution in [3.05, 3.63) is 40.6 Å². The Balaban J connectivity index is 2.03. The second-order valence-electron chi connectivity index (χ2n) is 3.76. The Kier molecular flexibility index (Phi) is 4.13. The van der Waals surface area contributed by atoms with Crippen LogP contribution in [0.3, 0.4) is 0 Å². The van der Waals surface area contributed by atoms with Gasteiger partial charge in [0.05, 0.1) is 15.6 Å². The summed E-state index contributed by atoms with van der Waals surface area (Å²) in [6, 6.07) is 3.31. The van der Waals surface area contributed by atoms with Crippen LogP contribution in [0.1, 0.15) is 5.01 Å². The summed E-state index contributed by atoms with van der Waals surface area (Å²) in [7, 11) is -3.67. The summed E-state index contributed by atoms with van der Waals surface area (Å²) in [5.41, 5.74) is 5.16. The Morgan fingerprint density at radius 1 is 1.42 bits per heavy atom. The van der Waals surface area contributed by atoms with Gasteiger partial charge in [0.2, 0.25) is 10.0 Å². The van der Waals surface area contributed by atoms with Crippen LogP contribution >= 0.6 is 11.3 Å². The fourth-order valence-corrected chi connectivity index (χ4v) is 3.13. The number of aromatic nitrogens is 1. The molecule has 3 N–H and O–H groups in total. The summed E-state index contributed by atoms with van der Waals surface area (Å²) in [4.78, 5) is 4.00. The molecule has 0 spiro atoms. The third-order valence-corrected chi connectivity index (χ3v) is 4.69. The van der Waals surface area contributed by atoms with Crippen LogP contribution in [0.25, 0.3) is 0 Å². The van der Waals surface area contributed by atoms with E-state index in [4.69, 9.17) is 5.73 Å². The van der Waals surface area contributed by atoms with E-state index in [-0.39, 0.29) is 17.1 Å². The van der Waals surface area contributed by atoms with E-state index in [9.17, 15) is 12.8 Å². The highest BCUT2D eigenvalue weighted by molar-refractivity contribution is 7.89. The number of nitrogens with two attached hydrogens (primary N) is 1. The molecule has 1 aromatic heterocycles. The first-order chi connectivity index (χ1) is 8.99. The number of nitrogen functional groups attached to an aromatic ring is 1. The van der Waals surface area contributed by atoms with Crippen molar-refractivity contribution in [2.24, 2.45) is 0 Å². The van der Waals surface area contributed by atoms with Gasteiger partial charge in [-0.1, -0.05) is 0 Å². The van der Waals surface area contributed by atoms with Crippen LogP contribution in [0.15, 0.2) is 34.7 Å². The van der Waals surface area contributed by atoms with E-state index in [2.05, 4.69) is 9.71 Å². The lowest BCUT2D eigenvalue weighted by molar-refractivity contribution is 0.581. The molecule has 0 aliphatic rings. The largest absolute Gasteiger partial charge is 0.396 e. The highest BCUT2D eigenvalue weighted by Gasteiger charge is 2.15. The average molecular weight is 301 g/mol. The summed E-state index contributed by atoms with van der Waals surface area (Å²) in [6.45, 7) is 0.229. The van der Waals surface area contributed by atoms with Gasteiger partial charge in [0.25, 0.3) is 0 Å². The van der Waals surface area contributed by atoms with E-state index in [1.54, 1.807) is 6.20 Å². The highest BCUT2D eigenvalue weighted by Crippen LogP contribution is 2.16. The van der Waals surface area contributed by atoms with Crippen molar-refractivity contribution < 1.29 is 12.8 Å². The molecular formula is C11H12FN3O2S2. The zero-order chi connectivity index (χ0) is 13.9. The molecule has 102 valence electrons. The minimum absolute atomic E-state index is 0.0504. The molecule has 8 heteroatoms. The molecular weight excluding hydrogens is 289 g/mol. The summed E-state index contributed by atoms with van der Waals surface area (Å²) >= 11 is 1.46. The predicted molar refractivity (Wildman–Crippen MR) is 71.8 cm³/mol. The van der Waals surface area contributed by atoms with Gasteiger partial charge in [0, 0.05) is 24.5 Å².